The standard InChI is InChI=1S/C29H25N3O7S/c1-36-21-10-9-15(11-22(21)37-2)25-17-12-23(38-3)24(39-4)13-19(17)30-20(26(25)28(34)35)14-40-29-31-18-8-6-5-7-16(18)27(33)32-29/h5-13H,14H2,1-4H3,(H,34,35)(H,31,32,33). The van der Waals surface area contributed by atoms with Crippen molar-refractivity contribution in [3.63, 3.8) is 0 Å². The zero-order valence-electron chi connectivity index (χ0n) is 22.1. The number of nitrogens with zero attached hydrogens (tertiary/aromatic N) is 2. The lowest BCUT2D eigenvalue weighted by atomic mass is 9.93. The molecule has 0 saturated carbocycles. The van der Waals surface area contributed by atoms with E-state index in [-0.39, 0.29) is 22.6 Å². The van der Waals surface area contributed by atoms with E-state index in [1.54, 1.807) is 54.6 Å². The molecule has 10 nitrogen and oxygen atoms in total. The molecular weight excluding hydrogens is 534 g/mol. The molecule has 204 valence electrons. The van der Waals surface area contributed by atoms with Gasteiger partial charge in [-0.2, -0.15) is 0 Å². The number of hydrogen-bond acceptors (Lipinski definition) is 9. The van der Waals surface area contributed by atoms with Crippen molar-refractivity contribution < 1.29 is 28.8 Å². The zero-order chi connectivity index (χ0) is 28.4. The highest BCUT2D eigenvalue weighted by Crippen LogP contribution is 2.42. The van der Waals surface area contributed by atoms with Gasteiger partial charge >= 0.3 is 5.97 Å². The number of fused-ring (bicyclic) bond motifs is 2. The van der Waals surface area contributed by atoms with Crippen LogP contribution in [0.3, 0.4) is 0 Å². The first kappa shape index (κ1) is 26.8. The predicted molar refractivity (Wildman–Crippen MR) is 152 cm³/mol. The van der Waals surface area contributed by atoms with Crippen LogP contribution in [0.5, 0.6) is 23.0 Å². The van der Waals surface area contributed by atoms with E-state index < -0.39 is 5.97 Å². The Morgan fingerprint density at radius 3 is 2.20 bits per heavy atom. The summed E-state index contributed by atoms with van der Waals surface area (Å²) in [6.07, 6.45) is 0. The second-order valence-corrected chi connectivity index (χ2v) is 9.55. The fourth-order valence-corrected chi connectivity index (χ4v) is 5.35. The van der Waals surface area contributed by atoms with Gasteiger partial charge in [0.15, 0.2) is 28.2 Å². The lowest BCUT2D eigenvalue weighted by molar-refractivity contribution is 0.0696. The Bertz CT molecular complexity index is 1820. The Balaban J connectivity index is 1.73. The number of para-hydroxylation sites is 1. The van der Waals surface area contributed by atoms with Gasteiger partial charge in [0.2, 0.25) is 0 Å². The molecule has 0 spiro atoms. The minimum atomic E-state index is -1.16. The molecule has 0 aliphatic heterocycles. The van der Waals surface area contributed by atoms with E-state index in [0.29, 0.717) is 61.1 Å². The third-order valence-electron chi connectivity index (χ3n) is 6.39. The van der Waals surface area contributed by atoms with E-state index in [4.69, 9.17) is 23.9 Å². The molecule has 0 atom stereocenters. The molecule has 40 heavy (non-hydrogen) atoms. The number of pyridine rings is 1. The summed E-state index contributed by atoms with van der Waals surface area (Å²) in [6.45, 7) is 0. The van der Waals surface area contributed by atoms with Gasteiger partial charge in [-0.15, -0.1) is 0 Å². The Kier molecular flexibility index (Phi) is 7.47. The van der Waals surface area contributed by atoms with Crippen LogP contribution in [0, 0.1) is 0 Å². The van der Waals surface area contributed by atoms with Crippen LogP contribution in [-0.2, 0) is 5.75 Å². The third-order valence-corrected chi connectivity index (χ3v) is 7.27. The van der Waals surface area contributed by atoms with E-state index in [0.717, 1.165) is 0 Å². The Hall–Kier alpha value is -4.77. The summed E-state index contributed by atoms with van der Waals surface area (Å²) < 4.78 is 21.9. The molecule has 2 aromatic heterocycles. The van der Waals surface area contributed by atoms with Gasteiger partial charge in [-0.05, 0) is 35.9 Å². The quantitative estimate of drug-likeness (QED) is 0.184. The van der Waals surface area contributed by atoms with Gasteiger partial charge in [0.1, 0.15) is 0 Å². The number of thioether (sulfide) groups is 1. The normalized spacial score (nSPS) is 11.0. The van der Waals surface area contributed by atoms with Crippen LogP contribution < -0.4 is 24.5 Å². The van der Waals surface area contributed by atoms with E-state index in [1.165, 1.54) is 40.2 Å². The van der Waals surface area contributed by atoms with Crippen LogP contribution in [-0.4, -0.2) is 54.5 Å². The Labute approximate surface area is 232 Å². The Morgan fingerprint density at radius 1 is 0.825 bits per heavy atom. The first-order valence-corrected chi connectivity index (χ1v) is 13.0. The summed E-state index contributed by atoms with van der Waals surface area (Å²) in [5, 5.41) is 11.8. The highest BCUT2D eigenvalue weighted by atomic mass is 32.2. The minimum absolute atomic E-state index is 0.00239. The van der Waals surface area contributed by atoms with Crippen LogP contribution in [0.15, 0.2) is 64.5 Å². The van der Waals surface area contributed by atoms with Gasteiger partial charge in [-0.25, -0.2) is 9.78 Å². The van der Waals surface area contributed by atoms with Crippen molar-refractivity contribution in [2.45, 2.75) is 10.9 Å². The van der Waals surface area contributed by atoms with E-state index in [9.17, 15) is 14.7 Å². The lowest BCUT2D eigenvalue weighted by Crippen LogP contribution is -2.11. The number of aromatic amines is 1. The van der Waals surface area contributed by atoms with Crippen LogP contribution in [0.25, 0.3) is 32.9 Å². The summed E-state index contributed by atoms with van der Waals surface area (Å²) in [5.74, 6) is 0.772. The molecule has 0 aliphatic rings. The highest BCUT2D eigenvalue weighted by Gasteiger charge is 2.25. The molecule has 11 heteroatoms. The molecule has 2 N–H and O–H groups in total. The first-order chi connectivity index (χ1) is 19.4. The second-order valence-electron chi connectivity index (χ2n) is 8.58. The predicted octanol–water partition coefficient (Wildman–Crippen LogP) is 5.16. The molecule has 0 radical (unpaired) electrons. The summed E-state index contributed by atoms with van der Waals surface area (Å²) in [6, 6.07) is 15.6. The van der Waals surface area contributed by atoms with Crippen molar-refractivity contribution in [2.24, 2.45) is 0 Å². The molecule has 0 fully saturated rings. The van der Waals surface area contributed by atoms with Crippen LogP contribution in [0.1, 0.15) is 16.1 Å². The number of H-pyrrole nitrogens is 1. The van der Waals surface area contributed by atoms with Gasteiger partial charge in [0.25, 0.3) is 5.56 Å². The largest absolute Gasteiger partial charge is 0.493 e. The van der Waals surface area contributed by atoms with Gasteiger partial charge in [-0.3, -0.25) is 9.78 Å². The summed E-state index contributed by atoms with van der Waals surface area (Å²) in [5.41, 5.74) is 2.07. The van der Waals surface area contributed by atoms with Crippen LogP contribution >= 0.6 is 11.8 Å². The number of ether oxygens (including phenoxy) is 4. The molecule has 0 amide bonds. The molecule has 0 saturated heterocycles. The molecule has 0 bridgehead atoms. The topological polar surface area (TPSA) is 133 Å². The fourth-order valence-electron chi connectivity index (χ4n) is 4.54. The van der Waals surface area contributed by atoms with Gasteiger partial charge in [-0.1, -0.05) is 30.0 Å². The maximum absolute atomic E-state index is 12.8. The lowest BCUT2D eigenvalue weighted by Gasteiger charge is -2.18. The average Bonchev–Trinajstić information content (AvgIpc) is 2.98. The van der Waals surface area contributed by atoms with Crippen molar-refractivity contribution in [3.05, 3.63) is 76.2 Å². The average molecular weight is 560 g/mol. The van der Waals surface area contributed by atoms with Crippen LogP contribution in [0.2, 0.25) is 0 Å². The van der Waals surface area contributed by atoms with Crippen molar-refractivity contribution in [1.29, 1.82) is 0 Å². The SMILES string of the molecule is COc1ccc(-c2c(C(=O)O)c(CSc3nc4ccccc4c(=O)[nH]3)nc3cc(OC)c(OC)cc23)cc1OC. The second kappa shape index (κ2) is 11.1. The van der Waals surface area contributed by atoms with Crippen molar-refractivity contribution in [1.82, 2.24) is 15.0 Å². The van der Waals surface area contributed by atoms with Gasteiger partial charge in [0, 0.05) is 22.8 Å². The van der Waals surface area contributed by atoms with Crippen LogP contribution in [0.4, 0.5) is 0 Å². The molecular formula is C29H25N3O7S. The van der Waals surface area contributed by atoms with E-state index in [1.807, 2.05) is 0 Å². The van der Waals surface area contributed by atoms with Gasteiger partial charge in [0.05, 0.1) is 56.1 Å². The smallest absolute Gasteiger partial charge is 0.338 e. The number of rotatable bonds is 9. The molecule has 5 rings (SSSR count). The fraction of sp³-hybridized carbons (Fsp3) is 0.172. The molecule has 2 heterocycles. The van der Waals surface area contributed by atoms with Crippen molar-refractivity contribution in [2.75, 3.05) is 28.4 Å². The molecule has 0 unspecified atom stereocenters. The number of carbonyl (C=O) groups is 1. The number of benzene rings is 3. The highest BCUT2D eigenvalue weighted by molar-refractivity contribution is 7.98. The number of aromatic carboxylic acids is 1. The van der Waals surface area contributed by atoms with Crippen molar-refractivity contribution in [3.8, 4) is 34.1 Å². The molecule has 5 aromatic rings. The number of methoxy groups -OCH3 is 4. The third kappa shape index (κ3) is 4.87. The molecule has 0 aliphatic carbocycles. The molecule has 3 aromatic carbocycles. The number of carboxylic acid groups (broad SMARTS) is 1. The zero-order valence-corrected chi connectivity index (χ0v) is 22.9. The number of hydrogen-bond donors (Lipinski definition) is 2. The number of aromatic nitrogens is 3. The van der Waals surface area contributed by atoms with Gasteiger partial charge < -0.3 is 29.0 Å². The van der Waals surface area contributed by atoms with E-state index >= 15 is 0 Å². The maximum Gasteiger partial charge on any atom is 0.338 e. The number of carboxylic acids is 1. The van der Waals surface area contributed by atoms with E-state index in [2.05, 4.69) is 9.97 Å². The summed E-state index contributed by atoms with van der Waals surface area (Å²) >= 11 is 1.18. The van der Waals surface area contributed by atoms with Crippen molar-refractivity contribution >= 4 is 39.5 Å². The summed E-state index contributed by atoms with van der Waals surface area (Å²) in [7, 11) is 6.06. The maximum atomic E-state index is 12.8. The monoisotopic (exact) mass is 559 g/mol. The summed E-state index contributed by atoms with van der Waals surface area (Å²) in [4.78, 5) is 37.4. The Morgan fingerprint density at radius 2 is 1.50 bits per heavy atom. The number of nitrogens with one attached hydrogen (secondary N) is 1. The minimum Gasteiger partial charge on any atom is -0.493 e. The first-order valence-electron chi connectivity index (χ1n) is 12.0.